The van der Waals surface area contributed by atoms with E-state index < -0.39 is 0 Å². The van der Waals surface area contributed by atoms with Crippen LogP contribution in [0.2, 0.25) is 0 Å². The standard InChI is InChI=1S/C28H19Br2NS/c29-22-8-14-25(15-9-22)31(26-16-10-23(30)11-17-26)24-12-6-21(7-13-24)28-19-18-27(32-28)20-4-2-1-3-5-20/h1-19H. The summed E-state index contributed by atoms with van der Waals surface area (Å²) in [6.45, 7) is 0. The molecule has 0 radical (unpaired) electrons. The number of thiophene rings is 1. The maximum Gasteiger partial charge on any atom is 0.0462 e. The zero-order valence-electron chi connectivity index (χ0n) is 17.1. The van der Waals surface area contributed by atoms with Crippen LogP contribution in [0.5, 0.6) is 0 Å². The van der Waals surface area contributed by atoms with Crippen molar-refractivity contribution in [3.8, 4) is 20.9 Å². The summed E-state index contributed by atoms with van der Waals surface area (Å²) in [7, 11) is 0. The molecule has 5 rings (SSSR count). The molecule has 0 bridgehead atoms. The van der Waals surface area contributed by atoms with E-state index >= 15 is 0 Å². The molecular formula is C28H19Br2NS. The van der Waals surface area contributed by atoms with Gasteiger partial charge < -0.3 is 4.90 Å². The van der Waals surface area contributed by atoms with Gasteiger partial charge in [0, 0.05) is 35.8 Å². The molecule has 0 aliphatic rings. The highest BCUT2D eigenvalue weighted by atomic mass is 79.9. The summed E-state index contributed by atoms with van der Waals surface area (Å²) in [6, 6.07) is 40.6. The lowest BCUT2D eigenvalue weighted by molar-refractivity contribution is 1.28. The number of hydrogen-bond donors (Lipinski definition) is 0. The van der Waals surface area contributed by atoms with Crippen molar-refractivity contribution in [1.29, 1.82) is 0 Å². The second-order valence-corrected chi connectivity index (χ2v) is 10.3. The summed E-state index contributed by atoms with van der Waals surface area (Å²) >= 11 is 8.92. The van der Waals surface area contributed by atoms with Gasteiger partial charge in [-0.1, -0.05) is 74.3 Å². The average Bonchev–Trinajstić information content (AvgIpc) is 3.33. The largest absolute Gasteiger partial charge is 0.311 e. The number of hydrogen-bond acceptors (Lipinski definition) is 2. The quantitative estimate of drug-likeness (QED) is 0.206. The molecule has 5 aromatic rings. The maximum atomic E-state index is 3.55. The number of anilines is 3. The predicted octanol–water partition coefficient (Wildman–Crippen LogP) is 10.1. The molecule has 156 valence electrons. The van der Waals surface area contributed by atoms with Crippen LogP contribution in [0.3, 0.4) is 0 Å². The maximum absolute atomic E-state index is 3.55. The zero-order chi connectivity index (χ0) is 21.9. The zero-order valence-corrected chi connectivity index (χ0v) is 21.1. The summed E-state index contributed by atoms with van der Waals surface area (Å²) in [6.07, 6.45) is 0. The Morgan fingerprint density at radius 1 is 0.438 bits per heavy atom. The van der Waals surface area contributed by atoms with Gasteiger partial charge in [0.2, 0.25) is 0 Å². The molecule has 0 saturated carbocycles. The number of nitrogens with zero attached hydrogens (tertiary/aromatic N) is 1. The molecule has 0 fully saturated rings. The minimum absolute atomic E-state index is 1.07. The van der Waals surface area contributed by atoms with E-state index in [9.17, 15) is 0 Å². The first-order valence-electron chi connectivity index (χ1n) is 10.2. The second-order valence-electron chi connectivity index (χ2n) is 7.37. The third-order valence-corrected chi connectivity index (χ3v) is 7.48. The van der Waals surface area contributed by atoms with Crippen LogP contribution in [0.1, 0.15) is 0 Å². The van der Waals surface area contributed by atoms with E-state index in [1.54, 1.807) is 0 Å². The molecular weight excluding hydrogens is 542 g/mol. The van der Waals surface area contributed by atoms with Gasteiger partial charge in [-0.05, 0) is 83.9 Å². The second kappa shape index (κ2) is 9.45. The fourth-order valence-corrected chi connectivity index (χ4v) is 5.20. The highest BCUT2D eigenvalue weighted by Crippen LogP contribution is 2.38. The Morgan fingerprint density at radius 2 is 0.844 bits per heavy atom. The van der Waals surface area contributed by atoms with Crippen molar-refractivity contribution < 1.29 is 0 Å². The summed E-state index contributed by atoms with van der Waals surface area (Å²) in [5.74, 6) is 0. The van der Waals surface area contributed by atoms with Gasteiger partial charge in [-0.25, -0.2) is 0 Å². The Balaban J connectivity index is 1.49. The van der Waals surface area contributed by atoms with Crippen molar-refractivity contribution >= 4 is 60.3 Å². The predicted molar refractivity (Wildman–Crippen MR) is 145 cm³/mol. The van der Waals surface area contributed by atoms with E-state index in [1.165, 1.54) is 20.9 Å². The average molecular weight is 561 g/mol. The molecule has 1 nitrogen and oxygen atoms in total. The Labute approximate surface area is 209 Å². The van der Waals surface area contributed by atoms with Crippen LogP contribution in [-0.2, 0) is 0 Å². The first kappa shape index (κ1) is 21.2. The molecule has 1 heterocycles. The van der Waals surface area contributed by atoms with Gasteiger partial charge in [0.1, 0.15) is 0 Å². The monoisotopic (exact) mass is 559 g/mol. The number of rotatable bonds is 5. The van der Waals surface area contributed by atoms with Crippen molar-refractivity contribution in [2.24, 2.45) is 0 Å². The SMILES string of the molecule is Brc1ccc(N(c2ccc(Br)cc2)c2ccc(-c3ccc(-c4ccccc4)s3)cc2)cc1. The minimum Gasteiger partial charge on any atom is -0.311 e. The highest BCUT2D eigenvalue weighted by Gasteiger charge is 2.13. The molecule has 4 aromatic carbocycles. The van der Waals surface area contributed by atoms with Gasteiger partial charge >= 0.3 is 0 Å². The molecule has 0 unspecified atom stereocenters. The summed E-state index contributed by atoms with van der Waals surface area (Å²) in [5.41, 5.74) is 5.85. The van der Waals surface area contributed by atoms with E-state index in [-0.39, 0.29) is 0 Å². The molecule has 0 aliphatic carbocycles. The van der Waals surface area contributed by atoms with E-state index in [2.05, 4.69) is 152 Å². The normalized spacial score (nSPS) is 10.8. The number of halogens is 2. The summed E-state index contributed by atoms with van der Waals surface area (Å²) in [4.78, 5) is 4.83. The molecule has 4 heteroatoms. The van der Waals surface area contributed by atoms with Gasteiger partial charge in [-0.15, -0.1) is 11.3 Å². The highest BCUT2D eigenvalue weighted by molar-refractivity contribution is 9.10. The van der Waals surface area contributed by atoms with Crippen LogP contribution in [-0.4, -0.2) is 0 Å². The van der Waals surface area contributed by atoms with Gasteiger partial charge in [0.25, 0.3) is 0 Å². The molecule has 0 amide bonds. The van der Waals surface area contributed by atoms with Gasteiger partial charge in [0.05, 0.1) is 0 Å². The van der Waals surface area contributed by atoms with Gasteiger partial charge in [-0.3, -0.25) is 0 Å². The Hall–Kier alpha value is -2.66. The van der Waals surface area contributed by atoms with Crippen LogP contribution < -0.4 is 4.90 Å². The van der Waals surface area contributed by atoms with Crippen LogP contribution in [0.4, 0.5) is 17.1 Å². The van der Waals surface area contributed by atoms with Gasteiger partial charge in [-0.2, -0.15) is 0 Å². The van der Waals surface area contributed by atoms with Crippen LogP contribution in [0.25, 0.3) is 20.9 Å². The lowest BCUT2D eigenvalue weighted by atomic mass is 10.1. The summed E-state index contributed by atoms with van der Waals surface area (Å²) in [5, 5.41) is 0. The van der Waals surface area contributed by atoms with Crippen molar-refractivity contribution in [2.75, 3.05) is 4.90 Å². The van der Waals surface area contributed by atoms with Crippen LogP contribution >= 0.6 is 43.2 Å². The third-order valence-electron chi connectivity index (χ3n) is 5.24. The molecule has 0 aliphatic heterocycles. The van der Waals surface area contributed by atoms with Crippen LogP contribution in [0, 0.1) is 0 Å². The minimum atomic E-state index is 1.07. The van der Waals surface area contributed by atoms with E-state index in [0.717, 1.165) is 26.0 Å². The lowest BCUT2D eigenvalue weighted by Gasteiger charge is -2.25. The van der Waals surface area contributed by atoms with Gasteiger partial charge in [0.15, 0.2) is 0 Å². The topological polar surface area (TPSA) is 3.24 Å². The first-order chi connectivity index (χ1) is 15.7. The Kier molecular flexibility index (Phi) is 6.26. The van der Waals surface area contributed by atoms with Crippen molar-refractivity contribution in [3.05, 3.63) is 124 Å². The van der Waals surface area contributed by atoms with Crippen molar-refractivity contribution in [2.45, 2.75) is 0 Å². The van der Waals surface area contributed by atoms with Crippen molar-refractivity contribution in [3.63, 3.8) is 0 Å². The fourth-order valence-electron chi connectivity index (χ4n) is 3.65. The molecule has 0 N–H and O–H groups in total. The summed E-state index contributed by atoms with van der Waals surface area (Å²) < 4.78 is 2.14. The van der Waals surface area contributed by atoms with E-state index in [4.69, 9.17) is 0 Å². The van der Waals surface area contributed by atoms with Crippen molar-refractivity contribution in [1.82, 2.24) is 0 Å². The molecule has 32 heavy (non-hydrogen) atoms. The lowest BCUT2D eigenvalue weighted by Crippen LogP contribution is -2.09. The van der Waals surface area contributed by atoms with E-state index in [0.29, 0.717) is 0 Å². The number of benzene rings is 4. The third kappa shape index (κ3) is 4.58. The van der Waals surface area contributed by atoms with E-state index in [1.807, 2.05) is 11.3 Å². The smallest absolute Gasteiger partial charge is 0.0462 e. The first-order valence-corrected chi connectivity index (χ1v) is 12.6. The molecule has 0 saturated heterocycles. The Bertz CT molecular complexity index is 1260. The Morgan fingerprint density at radius 3 is 1.31 bits per heavy atom. The fraction of sp³-hybridized carbons (Fsp3) is 0. The molecule has 0 spiro atoms. The molecule has 1 aromatic heterocycles. The van der Waals surface area contributed by atoms with Crippen LogP contribution in [0.15, 0.2) is 124 Å². The molecule has 0 atom stereocenters.